The molecule has 1 saturated carbocycles. The number of nitrogens with zero attached hydrogens (tertiary/aromatic N) is 1. The summed E-state index contributed by atoms with van der Waals surface area (Å²) in [4.78, 5) is 4.60. The summed E-state index contributed by atoms with van der Waals surface area (Å²) in [5.41, 5.74) is 0. The zero-order valence-electron chi connectivity index (χ0n) is 15.8. The molecule has 0 unspecified atom stereocenters. The van der Waals surface area contributed by atoms with Crippen LogP contribution in [0, 0.1) is 5.92 Å². The lowest BCUT2D eigenvalue weighted by Gasteiger charge is -2.34. The predicted octanol–water partition coefficient (Wildman–Crippen LogP) is 2.11. The molecule has 1 heterocycles. The number of rotatable bonds is 8. The molecular formula is C18H35N3O3S. The van der Waals surface area contributed by atoms with Gasteiger partial charge in [0.15, 0.2) is 15.8 Å². The van der Waals surface area contributed by atoms with Crippen LogP contribution < -0.4 is 10.6 Å². The van der Waals surface area contributed by atoms with Gasteiger partial charge in [0.05, 0.1) is 11.3 Å². The van der Waals surface area contributed by atoms with Crippen LogP contribution in [0.15, 0.2) is 4.99 Å². The van der Waals surface area contributed by atoms with Crippen LogP contribution >= 0.6 is 0 Å². The Bertz CT molecular complexity index is 522. The zero-order valence-corrected chi connectivity index (χ0v) is 16.7. The topological polar surface area (TPSA) is 79.8 Å². The Morgan fingerprint density at radius 2 is 1.88 bits per heavy atom. The summed E-state index contributed by atoms with van der Waals surface area (Å²) in [6.07, 6.45) is 10.3. The molecule has 6 nitrogen and oxygen atoms in total. The summed E-state index contributed by atoms with van der Waals surface area (Å²) in [7, 11) is -3.18. The molecule has 0 aromatic carbocycles. The zero-order chi connectivity index (χ0) is 18.2. The van der Waals surface area contributed by atoms with Crippen LogP contribution in [0.25, 0.3) is 0 Å². The number of nitrogens with one attached hydrogen (secondary N) is 2. The van der Waals surface area contributed by atoms with E-state index in [1.54, 1.807) is 0 Å². The van der Waals surface area contributed by atoms with Crippen molar-refractivity contribution in [3.8, 4) is 0 Å². The third kappa shape index (κ3) is 6.13. The summed E-state index contributed by atoms with van der Waals surface area (Å²) in [5.74, 6) is 1.63. The molecule has 0 aromatic heterocycles. The van der Waals surface area contributed by atoms with Gasteiger partial charge in [-0.1, -0.05) is 25.7 Å². The molecule has 2 fully saturated rings. The van der Waals surface area contributed by atoms with E-state index in [2.05, 4.69) is 15.6 Å². The predicted molar refractivity (Wildman–Crippen MR) is 103 cm³/mol. The van der Waals surface area contributed by atoms with Gasteiger partial charge < -0.3 is 15.4 Å². The Hall–Kier alpha value is -0.820. The van der Waals surface area contributed by atoms with Gasteiger partial charge in [-0.05, 0) is 38.5 Å². The highest BCUT2D eigenvalue weighted by atomic mass is 32.2. The van der Waals surface area contributed by atoms with Gasteiger partial charge in [-0.2, -0.15) is 0 Å². The van der Waals surface area contributed by atoms with Gasteiger partial charge in [0, 0.05) is 32.6 Å². The Labute approximate surface area is 153 Å². The monoisotopic (exact) mass is 373 g/mol. The van der Waals surface area contributed by atoms with E-state index in [1.165, 1.54) is 38.4 Å². The maximum atomic E-state index is 12.3. The van der Waals surface area contributed by atoms with E-state index in [0.29, 0.717) is 32.6 Å². The van der Waals surface area contributed by atoms with E-state index in [1.807, 2.05) is 6.92 Å². The minimum Gasteiger partial charge on any atom is -0.381 e. The summed E-state index contributed by atoms with van der Waals surface area (Å²) in [5, 5.41) is 6.60. The minimum absolute atomic E-state index is 0.299. The van der Waals surface area contributed by atoms with E-state index >= 15 is 0 Å². The fourth-order valence-corrected chi connectivity index (χ4v) is 5.06. The molecule has 1 aliphatic carbocycles. The summed E-state index contributed by atoms with van der Waals surface area (Å²) < 4.78 is 29.2. The number of ether oxygens (including phenoxy) is 1. The van der Waals surface area contributed by atoms with Gasteiger partial charge >= 0.3 is 0 Å². The molecule has 0 bridgehead atoms. The van der Waals surface area contributed by atoms with Crippen molar-refractivity contribution in [1.82, 2.24) is 10.6 Å². The average Bonchev–Trinajstić information content (AvgIpc) is 3.09. The number of guanidine groups is 1. The molecule has 2 N–H and O–H groups in total. The first-order chi connectivity index (χ1) is 12.0. The van der Waals surface area contributed by atoms with Gasteiger partial charge in [-0.3, -0.25) is 4.99 Å². The van der Waals surface area contributed by atoms with E-state index in [0.717, 1.165) is 31.4 Å². The number of sulfone groups is 1. The molecule has 0 amide bonds. The van der Waals surface area contributed by atoms with Crippen LogP contribution in [0.4, 0.5) is 0 Å². The van der Waals surface area contributed by atoms with Crippen molar-refractivity contribution < 1.29 is 13.2 Å². The molecule has 0 aromatic rings. The molecule has 1 aliphatic heterocycles. The van der Waals surface area contributed by atoms with Gasteiger partial charge in [-0.25, -0.2) is 8.42 Å². The second kappa shape index (κ2) is 9.76. The highest BCUT2D eigenvalue weighted by Crippen LogP contribution is 2.30. The molecule has 7 heteroatoms. The standard InChI is InChI=1S/C18H35N3O3S/c1-3-19-17(20-12-6-9-16-7-4-5-8-16)21-15-18(25(2,22)23)10-13-24-14-11-18/h16H,3-15H2,1-2H3,(H2,19,20,21). The van der Waals surface area contributed by atoms with Crippen molar-refractivity contribution in [1.29, 1.82) is 0 Å². The van der Waals surface area contributed by atoms with Gasteiger partial charge in [0.1, 0.15) is 0 Å². The van der Waals surface area contributed by atoms with E-state index in [-0.39, 0.29) is 0 Å². The van der Waals surface area contributed by atoms with Crippen LogP contribution in [-0.4, -0.2) is 58.2 Å². The first-order valence-corrected chi connectivity index (χ1v) is 11.7. The molecule has 0 radical (unpaired) electrons. The largest absolute Gasteiger partial charge is 0.381 e. The van der Waals surface area contributed by atoms with Crippen molar-refractivity contribution >= 4 is 15.8 Å². The van der Waals surface area contributed by atoms with E-state index < -0.39 is 14.6 Å². The summed E-state index contributed by atoms with van der Waals surface area (Å²) >= 11 is 0. The first-order valence-electron chi connectivity index (χ1n) is 9.76. The molecule has 1 saturated heterocycles. The lowest BCUT2D eigenvalue weighted by Crippen LogP contribution is -2.47. The normalized spacial score (nSPS) is 22.1. The van der Waals surface area contributed by atoms with Gasteiger partial charge in [-0.15, -0.1) is 0 Å². The van der Waals surface area contributed by atoms with Gasteiger partial charge in [0.2, 0.25) is 0 Å². The smallest absolute Gasteiger partial charge is 0.191 e. The van der Waals surface area contributed by atoms with Crippen LogP contribution in [-0.2, 0) is 14.6 Å². The van der Waals surface area contributed by atoms with Crippen LogP contribution in [0.1, 0.15) is 58.3 Å². The average molecular weight is 374 g/mol. The van der Waals surface area contributed by atoms with Crippen molar-refractivity contribution in [3.05, 3.63) is 0 Å². The highest BCUT2D eigenvalue weighted by Gasteiger charge is 2.42. The van der Waals surface area contributed by atoms with Crippen LogP contribution in [0.2, 0.25) is 0 Å². The Balaban J connectivity index is 1.88. The number of aliphatic imine (C=N–C) groups is 1. The SMILES string of the molecule is CCNC(=NCC1(S(C)(=O)=O)CCOCC1)NCCCC1CCCC1. The fourth-order valence-electron chi connectivity index (χ4n) is 3.85. The van der Waals surface area contributed by atoms with Crippen LogP contribution in [0.3, 0.4) is 0 Å². The molecule has 0 spiro atoms. The Morgan fingerprint density at radius 3 is 2.48 bits per heavy atom. The lowest BCUT2D eigenvalue weighted by molar-refractivity contribution is 0.0768. The van der Waals surface area contributed by atoms with Crippen molar-refractivity contribution in [2.24, 2.45) is 10.9 Å². The molecule has 25 heavy (non-hydrogen) atoms. The quantitative estimate of drug-likeness (QED) is 0.387. The Kier molecular flexibility index (Phi) is 8.00. The van der Waals surface area contributed by atoms with E-state index in [9.17, 15) is 8.42 Å². The number of hydrogen-bond acceptors (Lipinski definition) is 4. The summed E-state index contributed by atoms with van der Waals surface area (Å²) in [6.45, 7) is 4.96. The molecular weight excluding hydrogens is 338 g/mol. The highest BCUT2D eigenvalue weighted by molar-refractivity contribution is 7.92. The second-order valence-corrected chi connectivity index (χ2v) is 9.89. The van der Waals surface area contributed by atoms with Crippen molar-refractivity contribution in [2.45, 2.75) is 63.0 Å². The first kappa shape index (κ1) is 20.5. The van der Waals surface area contributed by atoms with E-state index in [4.69, 9.17) is 4.74 Å². The third-order valence-corrected chi connectivity index (χ3v) is 7.73. The Morgan fingerprint density at radius 1 is 1.20 bits per heavy atom. The number of hydrogen-bond donors (Lipinski definition) is 2. The summed E-state index contributed by atoms with van der Waals surface area (Å²) in [6, 6.07) is 0. The maximum Gasteiger partial charge on any atom is 0.191 e. The molecule has 2 aliphatic rings. The second-order valence-electron chi connectivity index (χ2n) is 7.48. The third-order valence-electron chi connectivity index (χ3n) is 5.62. The molecule has 0 atom stereocenters. The van der Waals surface area contributed by atoms with Gasteiger partial charge in [0.25, 0.3) is 0 Å². The van der Waals surface area contributed by atoms with Crippen LogP contribution in [0.5, 0.6) is 0 Å². The molecule has 146 valence electrons. The minimum atomic E-state index is -3.18. The maximum absolute atomic E-state index is 12.3. The molecule has 2 rings (SSSR count). The fraction of sp³-hybridized carbons (Fsp3) is 0.944. The van der Waals surface area contributed by atoms with Crippen molar-refractivity contribution in [2.75, 3.05) is 39.1 Å². The van der Waals surface area contributed by atoms with Crippen molar-refractivity contribution in [3.63, 3.8) is 0 Å². The lowest BCUT2D eigenvalue weighted by atomic mass is 9.99.